The van der Waals surface area contributed by atoms with Crippen LogP contribution < -0.4 is 16.3 Å². The van der Waals surface area contributed by atoms with E-state index in [0.29, 0.717) is 35.7 Å². The third-order valence-corrected chi connectivity index (χ3v) is 10.6. The number of pyridine rings is 1. The molecule has 2 N–H and O–H groups in total. The standard InChI is InChI=1S/C20H19N5O.C19H23FN4O3/c21-12-16-5-4-8-19(22-16)20(26)23-15-9-10-18-14(11-15)13-25(24-18)17-6-2-1-3-7-17;1-22-9-8-11(13(20)10-22)12-4-3-5-14-17(12)23(2)19(27)24(14)15-6-7-16(25)21-18(15)26/h4-5,8-11,13,17H,1-3,6-7H2,(H,23,26);3-5,11,13,15H,6-10H2,1-2H3,(H,21,25,26). The SMILES string of the molecule is CN1CCC(c2cccc3c2n(C)c(=O)n3C2CCC(=O)NC2=O)C(F)C1.N#Cc1cccc(C(=O)Nc2ccc3nn(C4CCCCC4)cc3c2)n1. The van der Waals surface area contributed by atoms with Crippen molar-refractivity contribution < 1.29 is 18.8 Å². The van der Waals surface area contributed by atoms with Crippen molar-refractivity contribution in [2.75, 3.05) is 25.5 Å². The van der Waals surface area contributed by atoms with Crippen LogP contribution in [-0.2, 0) is 16.6 Å². The van der Waals surface area contributed by atoms with Gasteiger partial charge in [0.15, 0.2) is 0 Å². The number of benzene rings is 2. The van der Waals surface area contributed by atoms with Crippen molar-refractivity contribution in [1.29, 1.82) is 5.26 Å². The van der Waals surface area contributed by atoms with Crippen LogP contribution in [0.2, 0.25) is 0 Å². The Morgan fingerprint density at radius 2 is 1.79 bits per heavy atom. The number of halogens is 1. The molecule has 2 saturated heterocycles. The summed E-state index contributed by atoms with van der Waals surface area (Å²) in [6, 6.07) is 17.7. The Morgan fingerprint density at radius 1 is 1.00 bits per heavy atom. The van der Waals surface area contributed by atoms with Gasteiger partial charge >= 0.3 is 5.69 Å². The lowest BCUT2D eigenvalue weighted by molar-refractivity contribution is -0.135. The molecule has 1 aliphatic carbocycles. The molecule has 2 aromatic carbocycles. The number of nitriles is 1. The van der Waals surface area contributed by atoms with Crippen LogP contribution in [0, 0.1) is 11.3 Å². The van der Waals surface area contributed by atoms with E-state index >= 15 is 0 Å². The molecular weight excluding hydrogens is 677 g/mol. The van der Waals surface area contributed by atoms with E-state index in [1.807, 2.05) is 48.3 Å². The fraction of sp³-hybridized carbons (Fsp3) is 0.410. The van der Waals surface area contributed by atoms with Gasteiger partial charge in [0.25, 0.3) is 5.91 Å². The van der Waals surface area contributed by atoms with E-state index in [-0.39, 0.29) is 47.7 Å². The monoisotopic (exact) mass is 719 g/mol. The number of imide groups is 1. The number of hydrogen-bond donors (Lipinski definition) is 2. The highest BCUT2D eigenvalue weighted by molar-refractivity contribution is 6.04. The number of hydrogen-bond acceptors (Lipinski definition) is 8. The number of imidazole rings is 1. The number of alkyl halides is 1. The van der Waals surface area contributed by atoms with E-state index < -0.39 is 18.1 Å². The normalized spacial score (nSPS) is 21.1. The topological polar surface area (TPSA) is 160 Å². The molecule has 1 saturated carbocycles. The third kappa shape index (κ3) is 7.34. The second-order valence-corrected chi connectivity index (χ2v) is 14.2. The first kappa shape index (κ1) is 35.7. The summed E-state index contributed by atoms with van der Waals surface area (Å²) in [5, 5.41) is 19.8. The number of nitrogens with one attached hydrogen (secondary N) is 2. The van der Waals surface area contributed by atoms with Crippen LogP contribution in [0.4, 0.5) is 10.1 Å². The molecule has 3 amide bonds. The molecule has 3 atom stereocenters. The van der Waals surface area contributed by atoms with Gasteiger partial charge in [-0.1, -0.05) is 37.5 Å². The molecule has 5 heterocycles. The summed E-state index contributed by atoms with van der Waals surface area (Å²) in [4.78, 5) is 55.1. The Morgan fingerprint density at radius 3 is 2.55 bits per heavy atom. The van der Waals surface area contributed by atoms with E-state index in [9.17, 15) is 23.6 Å². The van der Waals surface area contributed by atoms with Crippen LogP contribution >= 0.6 is 0 Å². The van der Waals surface area contributed by atoms with Crippen LogP contribution in [0.3, 0.4) is 0 Å². The summed E-state index contributed by atoms with van der Waals surface area (Å²) in [6.07, 6.45) is 8.40. The average Bonchev–Trinajstić information content (AvgIpc) is 3.70. The van der Waals surface area contributed by atoms with Gasteiger partial charge in [0, 0.05) is 43.2 Å². The molecule has 3 aliphatic rings. The number of amides is 3. The molecule has 13 nitrogen and oxygen atoms in total. The maximum atomic E-state index is 14.8. The molecule has 8 rings (SSSR count). The van der Waals surface area contributed by atoms with Crippen molar-refractivity contribution >= 4 is 45.3 Å². The van der Waals surface area contributed by atoms with Crippen LogP contribution in [0.15, 0.2) is 65.6 Å². The maximum Gasteiger partial charge on any atom is 0.329 e. The summed E-state index contributed by atoms with van der Waals surface area (Å²) in [5.74, 6) is -1.40. The zero-order valence-corrected chi connectivity index (χ0v) is 29.8. The highest BCUT2D eigenvalue weighted by Gasteiger charge is 2.34. The number of piperidine rings is 2. The van der Waals surface area contributed by atoms with Gasteiger partial charge in [-0.25, -0.2) is 14.2 Å². The van der Waals surface area contributed by atoms with Crippen LogP contribution in [0.25, 0.3) is 21.9 Å². The molecule has 274 valence electrons. The third-order valence-electron chi connectivity index (χ3n) is 10.6. The van der Waals surface area contributed by atoms with Gasteiger partial charge in [0.1, 0.15) is 29.7 Å². The Hall–Kier alpha value is -5.68. The zero-order chi connectivity index (χ0) is 37.2. The summed E-state index contributed by atoms with van der Waals surface area (Å²) >= 11 is 0. The minimum Gasteiger partial charge on any atom is -0.321 e. The van der Waals surface area contributed by atoms with Gasteiger partial charge in [0.05, 0.1) is 22.6 Å². The van der Waals surface area contributed by atoms with Crippen molar-refractivity contribution in [3.05, 3.63) is 88.2 Å². The summed E-state index contributed by atoms with van der Waals surface area (Å²) in [6.45, 7) is 1.16. The second-order valence-electron chi connectivity index (χ2n) is 14.2. The van der Waals surface area contributed by atoms with Gasteiger partial charge in [-0.3, -0.25) is 33.5 Å². The molecule has 0 spiro atoms. The first-order valence-electron chi connectivity index (χ1n) is 18.1. The zero-order valence-electron chi connectivity index (χ0n) is 29.8. The van der Waals surface area contributed by atoms with Crippen molar-refractivity contribution in [3.8, 4) is 6.07 Å². The number of para-hydroxylation sites is 1. The average molecular weight is 720 g/mol. The van der Waals surface area contributed by atoms with Crippen molar-refractivity contribution in [3.63, 3.8) is 0 Å². The molecule has 53 heavy (non-hydrogen) atoms. The number of carbonyl (C=O) groups excluding carboxylic acids is 3. The van der Waals surface area contributed by atoms with E-state index in [4.69, 9.17) is 10.4 Å². The van der Waals surface area contributed by atoms with Crippen LogP contribution in [-0.4, -0.2) is 72.8 Å². The van der Waals surface area contributed by atoms with Gasteiger partial charge in [-0.05, 0) is 81.2 Å². The van der Waals surface area contributed by atoms with E-state index in [1.165, 1.54) is 41.2 Å². The van der Waals surface area contributed by atoms with E-state index in [1.54, 1.807) is 31.3 Å². The number of rotatable bonds is 5. The number of anilines is 1. The predicted octanol–water partition coefficient (Wildman–Crippen LogP) is 5.14. The van der Waals surface area contributed by atoms with Crippen molar-refractivity contribution in [2.45, 2.75) is 75.5 Å². The first-order chi connectivity index (χ1) is 25.6. The van der Waals surface area contributed by atoms with Gasteiger partial charge in [-0.2, -0.15) is 10.4 Å². The molecule has 14 heteroatoms. The number of aryl methyl sites for hydroxylation is 1. The summed E-state index contributed by atoms with van der Waals surface area (Å²) in [7, 11) is 3.55. The fourth-order valence-electron chi connectivity index (χ4n) is 7.88. The molecule has 3 fully saturated rings. The highest BCUT2D eigenvalue weighted by atomic mass is 19.1. The number of nitrogens with zero attached hydrogens (tertiary/aromatic N) is 7. The van der Waals surface area contributed by atoms with Crippen molar-refractivity contribution in [2.24, 2.45) is 7.05 Å². The lowest BCUT2D eigenvalue weighted by Gasteiger charge is -2.32. The Labute approximate surface area is 305 Å². The Bertz CT molecular complexity index is 2300. The van der Waals surface area contributed by atoms with Gasteiger partial charge in [-0.15, -0.1) is 0 Å². The largest absolute Gasteiger partial charge is 0.329 e. The number of likely N-dealkylation sites (tertiary alicyclic amines) is 1. The van der Waals surface area contributed by atoms with Crippen molar-refractivity contribution in [1.82, 2.24) is 34.1 Å². The summed E-state index contributed by atoms with van der Waals surface area (Å²) < 4.78 is 19.8. The molecule has 3 aromatic heterocycles. The second kappa shape index (κ2) is 15.1. The molecule has 3 unspecified atom stereocenters. The highest BCUT2D eigenvalue weighted by Crippen LogP contribution is 2.35. The number of aromatic nitrogens is 5. The fourth-order valence-corrected chi connectivity index (χ4v) is 7.88. The quantitative estimate of drug-likeness (QED) is 0.237. The molecular formula is C39H42FN9O4. The molecule has 5 aromatic rings. The minimum absolute atomic E-state index is 0.195. The van der Waals surface area contributed by atoms with E-state index in [0.717, 1.165) is 23.0 Å². The number of fused-ring (bicyclic) bond motifs is 2. The maximum absolute atomic E-state index is 14.8. The van der Waals surface area contributed by atoms with Crippen LogP contribution in [0.5, 0.6) is 0 Å². The Kier molecular flexibility index (Phi) is 10.2. The minimum atomic E-state index is -1.01. The molecule has 0 bridgehead atoms. The van der Waals surface area contributed by atoms with Crippen LogP contribution in [0.1, 0.15) is 91.1 Å². The van der Waals surface area contributed by atoms with Gasteiger partial charge in [0.2, 0.25) is 11.8 Å². The Balaban J connectivity index is 0.000000164. The first-order valence-corrected chi connectivity index (χ1v) is 18.1. The predicted molar refractivity (Wildman–Crippen MR) is 197 cm³/mol. The van der Waals surface area contributed by atoms with E-state index in [2.05, 4.69) is 26.5 Å². The molecule has 0 radical (unpaired) electrons. The molecule has 2 aliphatic heterocycles. The van der Waals surface area contributed by atoms with Gasteiger partial charge < -0.3 is 10.2 Å². The lowest BCUT2D eigenvalue weighted by atomic mass is 9.87. The smallest absolute Gasteiger partial charge is 0.321 e. The number of carbonyl (C=O) groups is 3. The lowest BCUT2D eigenvalue weighted by Crippen LogP contribution is -2.44. The summed E-state index contributed by atoms with van der Waals surface area (Å²) in [5.41, 5.74) is 3.83.